The van der Waals surface area contributed by atoms with Crippen molar-refractivity contribution in [1.82, 2.24) is 10.2 Å². The van der Waals surface area contributed by atoms with Crippen molar-refractivity contribution in [3.63, 3.8) is 0 Å². The fraction of sp³-hybridized carbons (Fsp3) is 0.579. The molecule has 6 heteroatoms. The third kappa shape index (κ3) is 3.23. The van der Waals surface area contributed by atoms with Gasteiger partial charge in [0.15, 0.2) is 0 Å². The zero-order chi connectivity index (χ0) is 17.3. The van der Waals surface area contributed by atoms with Gasteiger partial charge in [-0.1, -0.05) is 31.0 Å². The summed E-state index contributed by atoms with van der Waals surface area (Å²) in [5, 5.41) is 6.52. The lowest BCUT2D eigenvalue weighted by molar-refractivity contribution is -0.138. The fourth-order valence-corrected chi connectivity index (χ4v) is 4.27. The Labute approximate surface area is 147 Å². The number of hydrogen-bond donors (Lipinski definition) is 2. The zero-order valence-corrected chi connectivity index (χ0v) is 14.4. The molecule has 1 aliphatic carbocycles. The maximum absolute atomic E-state index is 13.5. The highest BCUT2D eigenvalue weighted by Crippen LogP contribution is 2.35. The van der Waals surface area contributed by atoms with Gasteiger partial charge in [-0.3, -0.25) is 9.59 Å². The van der Waals surface area contributed by atoms with Crippen molar-refractivity contribution >= 4 is 17.5 Å². The SMILES string of the molecule is O=C1N[C@@H]2COC[C@H]1CN(C(=O)C1(Nc3ccccc3)CCCC1)C2. The maximum Gasteiger partial charge on any atom is 0.248 e. The summed E-state index contributed by atoms with van der Waals surface area (Å²) in [6, 6.07) is 9.82. The quantitative estimate of drug-likeness (QED) is 0.870. The van der Waals surface area contributed by atoms with E-state index in [9.17, 15) is 9.59 Å². The van der Waals surface area contributed by atoms with Crippen LogP contribution in [0, 0.1) is 5.92 Å². The first-order valence-electron chi connectivity index (χ1n) is 9.17. The second kappa shape index (κ2) is 6.67. The third-order valence-electron chi connectivity index (χ3n) is 5.55. The highest BCUT2D eigenvalue weighted by atomic mass is 16.5. The van der Waals surface area contributed by atoms with Gasteiger partial charge < -0.3 is 20.3 Å². The molecule has 6 nitrogen and oxygen atoms in total. The van der Waals surface area contributed by atoms with Crippen molar-refractivity contribution in [2.24, 2.45) is 5.92 Å². The molecule has 2 heterocycles. The van der Waals surface area contributed by atoms with Crippen molar-refractivity contribution in [3.8, 4) is 0 Å². The lowest BCUT2D eigenvalue weighted by Crippen LogP contribution is -2.55. The highest BCUT2D eigenvalue weighted by Gasteiger charge is 2.46. The first-order chi connectivity index (χ1) is 12.2. The largest absolute Gasteiger partial charge is 0.378 e. The Bertz CT molecular complexity index is 643. The Morgan fingerprint density at radius 1 is 1.16 bits per heavy atom. The standard InChI is InChI=1S/C19H25N3O3/c23-17-14-10-22(11-16(20-17)13-25-12-14)18(24)19(8-4-5-9-19)21-15-6-2-1-3-7-15/h1-3,6-7,14,16,21H,4-5,8-13H2,(H,20,23)/t14-,16+/m1/s1. The molecule has 4 rings (SSSR count). The van der Waals surface area contributed by atoms with Gasteiger partial charge in [0, 0.05) is 18.8 Å². The Balaban J connectivity index is 1.57. The van der Waals surface area contributed by atoms with Gasteiger partial charge >= 0.3 is 0 Å². The highest BCUT2D eigenvalue weighted by molar-refractivity contribution is 5.91. The predicted molar refractivity (Wildman–Crippen MR) is 94.1 cm³/mol. The summed E-state index contributed by atoms with van der Waals surface area (Å²) in [6.07, 6.45) is 3.77. The van der Waals surface area contributed by atoms with Gasteiger partial charge in [-0.2, -0.15) is 0 Å². The van der Waals surface area contributed by atoms with Crippen LogP contribution in [-0.4, -0.2) is 54.6 Å². The van der Waals surface area contributed by atoms with Crippen LogP contribution in [0.5, 0.6) is 0 Å². The molecule has 1 saturated carbocycles. The van der Waals surface area contributed by atoms with E-state index in [2.05, 4.69) is 10.6 Å². The van der Waals surface area contributed by atoms with Crippen LogP contribution < -0.4 is 10.6 Å². The van der Waals surface area contributed by atoms with E-state index in [1.54, 1.807) is 0 Å². The van der Waals surface area contributed by atoms with Gasteiger partial charge in [0.25, 0.3) is 0 Å². The first kappa shape index (κ1) is 16.4. The Hall–Kier alpha value is -2.08. The van der Waals surface area contributed by atoms with Crippen LogP contribution in [0.25, 0.3) is 0 Å². The van der Waals surface area contributed by atoms with Gasteiger partial charge in [-0.25, -0.2) is 0 Å². The van der Waals surface area contributed by atoms with E-state index >= 15 is 0 Å². The van der Waals surface area contributed by atoms with Crippen LogP contribution in [0.15, 0.2) is 30.3 Å². The molecule has 0 radical (unpaired) electrons. The average Bonchev–Trinajstić information content (AvgIpc) is 2.92. The van der Waals surface area contributed by atoms with Crippen molar-refractivity contribution in [2.45, 2.75) is 37.3 Å². The van der Waals surface area contributed by atoms with Crippen LogP contribution in [0.1, 0.15) is 25.7 Å². The summed E-state index contributed by atoms with van der Waals surface area (Å²) in [7, 11) is 0. The van der Waals surface area contributed by atoms with E-state index in [4.69, 9.17) is 4.74 Å². The molecule has 2 N–H and O–H groups in total. The van der Waals surface area contributed by atoms with Gasteiger partial charge in [-0.15, -0.1) is 0 Å². The van der Waals surface area contributed by atoms with Gasteiger partial charge in [0.2, 0.25) is 11.8 Å². The van der Waals surface area contributed by atoms with Crippen molar-refractivity contribution in [2.75, 3.05) is 31.6 Å². The molecule has 3 fully saturated rings. The maximum atomic E-state index is 13.5. The van der Waals surface area contributed by atoms with E-state index < -0.39 is 5.54 Å². The Morgan fingerprint density at radius 3 is 2.68 bits per heavy atom. The van der Waals surface area contributed by atoms with Crippen LogP contribution in [0.3, 0.4) is 0 Å². The van der Waals surface area contributed by atoms with Gasteiger partial charge in [0.05, 0.1) is 25.2 Å². The molecule has 2 atom stereocenters. The normalized spacial score (nSPS) is 28.2. The number of anilines is 1. The molecule has 0 spiro atoms. The summed E-state index contributed by atoms with van der Waals surface area (Å²) < 4.78 is 5.57. The summed E-state index contributed by atoms with van der Waals surface area (Å²) in [5.74, 6) is -0.136. The minimum atomic E-state index is -0.552. The zero-order valence-electron chi connectivity index (χ0n) is 14.4. The molecule has 25 heavy (non-hydrogen) atoms. The minimum absolute atomic E-state index is 0.00860. The lowest BCUT2D eigenvalue weighted by atomic mass is 9.94. The van der Waals surface area contributed by atoms with E-state index in [1.807, 2.05) is 35.2 Å². The van der Waals surface area contributed by atoms with Crippen LogP contribution in [0.2, 0.25) is 0 Å². The molecule has 0 unspecified atom stereocenters. The molecule has 2 aliphatic heterocycles. The molecule has 2 saturated heterocycles. The molecule has 2 bridgehead atoms. The van der Waals surface area contributed by atoms with Gasteiger partial charge in [-0.05, 0) is 25.0 Å². The smallest absolute Gasteiger partial charge is 0.248 e. The van der Waals surface area contributed by atoms with E-state index in [-0.39, 0.29) is 23.8 Å². The number of rotatable bonds is 3. The van der Waals surface area contributed by atoms with Crippen molar-refractivity contribution < 1.29 is 14.3 Å². The Kier molecular flexibility index (Phi) is 4.37. The molecule has 2 amide bonds. The van der Waals surface area contributed by atoms with E-state index in [0.29, 0.717) is 26.3 Å². The first-order valence-corrected chi connectivity index (χ1v) is 9.17. The molecule has 1 aromatic carbocycles. The molecule has 1 aromatic rings. The third-order valence-corrected chi connectivity index (χ3v) is 5.55. The van der Waals surface area contributed by atoms with E-state index in [1.165, 1.54) is 0 Å². The molecular formula is C19H25N3O3. The number of nitrogens with one attached hydrogen (secondary N) is 2. The second-order valence-corrected chi connectivity index (χ2v) is 7.43. The second-order valence-electron chi connectivity index (χ2n) is 7.43. The van der Waals surface area contributed by atoms with Gasteiger partial charge in [0.1, 0.15) is 5.54 Å². The number of hydrogen-bond acceptors (Lipinski definition) is 4. The number of amides is 2. The molecule has 3 aliphatic rings. The topological polar surface area (TPSA) is 70.7 Å². The number of fused-ring (bicyclic) bond motifs is 3. The van der Waals surface area contributed by atoms with Crippen LogP contribution in [0.4, 0.5) is 5.69 Å². The summed E-state index contributed by atoms with van der Waals surface area (Å²) in [5.41, 5.74) is 0.425. The number of ether oxygens (including phenoxy) is 1. The Morgan fingerprint density at radius 2 is 1.92 bits per heavy atom. The van der Waals surface area contributed by atoms with E-state index in [0.717, 1.165) is 31.4 Å². The van der Waals surface area contributed by atoms with Crippen LogP contribution in [-0.2, 0) is 14.3 Å². The summed E-state index contributed by atoms with van der Waals surface area (Å²) >= 11 is 0. The average molecular weight is 343 g/mol. The van der Waals surface area contributed by atoms with Crippen molar-refractivity contribution in [3.05, 3.63) is 30.3 Å². The number of benzene rings is 1. The number of carbonyl (C=O) groups excluding carboxylic acids is 2. The summed E-state index contributed by atoms with van der Waals surface area (Å²) in [4.78, 5) is 27.6. The number of nitrogens with zero attached hydrogens (tertiary/aromatic N) is 1. The monoisotopic (exact) mass is 343 g/mol. The fourth-order valence-electron chi connectivity index (χ4n) is 4.27. The minimum Gasteiger partial charge on any atom is -0.378 e. The number of carbonyl (C=O) groups is 2. The molecule has 134 valence electrons. The lowest BCUT2D eigenvalue weighted by Gasteiger charge is -2.37. The van der Waals surface area contributed by atoms with Crippen LogP contribution >= 0.6 is 0 Å². The molecular weight excluding hydrogens is 318 g/mol. The van der Waals surface area contributed by atoms with Crippen molar-refractivity contribution in [1.29, 1.82) is 0 Å². The summed E-state index contributed by atoms with van der Waals surface area (Å²) in [6.45, 7) is 1.84. The molecule has 0 aromatic heterocycles. The predicted octanol–water partition coefficient (Wildman–Crippen LogP) is 1.38. The number of para-hydroxylation sites is 1.